The van der Waals surface area contributed by atoms with Crippen molar-refractivity contribution in [1.29, 1.82) is 0 Å². The van der Waals surface area contributed by atoms with Gasteiger partial charge in [0, 0.05) is 10.9 Å². The van der Waals surface area contributed by atoms with Crippen LogP contribution in [0.25, 0.3) is 6.08 Å². The molecular formula is C16H13ClO. The first-order valence-electron chi connectivity index (χ1n) is 5.96. The second kappa shape index (κ2) is 4.60. The first-order chi connectivity index (χ1) is 8.75. The molecule has 2 heteroatoms. The Hall–Kier alpha value is -1.57. The first-order valence-corrected chi connectivity index (χ1v) is 6.34. The van der Waals surface area contributed by atoms with Crippen molar-refractivity contribution >= 4 is 17.7 Å². The van der Waals surface area contributed by atoms with E-state index >= 15 is 0 Å². The zero-order chi connectivity index (χ0) is 12.5. The largest absolute Gasteiger partial charge is 0.387 e. The molecule has 0 fully saturated rings. The van der Waals surface area contributed by atoms with Gasteiger partial charge in [0.15, 0.2) is 0 Å². The quantitative estimate of drug-likeness (QED) is 0.811. The molecule has 3 rings (SSSR count). The number of fused-ring (bicyclic) bond motifs is 1. The third kappa shape index (κ3) is 1.96. The van der Waals surface area contributed by atoms with Crippen LogP contribution in [-0.4, -0.2) is 5.11 Å². The third-order valence-corrected chi connectivity index (χ3v) is 3.64. The molecule has 2 aromatic rings. The standard InChI is InChI=1S/C16H13ClO/c17-13-8-5-12(6-9-13)15-10-7-11-3-1-2-4-14(11)16(15)18/h1-10,15-16,18H/t15-,16+/m0/s1. The van der Waals surface area contributed by atoms with Gasteiger partial charge in [-0.15, -0.1) is 0 Å². The van der Waals surface area contributed by atoms with Crippen molar-refractivity contribution in [2.75, 3.05) is 0 Å². The SMILES string of the molecule is O[C@@H]1c2ccccc2C=C[C@H]1c1ccc(Cl)cc1. The van der Waals surface area contributed by atoms with Crippen LogP contribution in [0.1, 0.15) is 28.7 Å². The maximum absolute atomic E-state index is 10.5. The van der Waals surface area contributed by atoms with E-state index in [1.165, 1.54) is 0 Å². The van der Waals surface area contributed by atoms with Crippen molar-refractivity contribution in [3.63, 3.8) is 0 Å². The molecule has 0 saturated carbocycles. The lowest BCUT2D eigenvalue weighted by Crippen LogP contribution is -2.13. The fourth-order valence-electron chi connectivity index (χ4n) is 2.42. The van der Waals surface area contributed by atoms with E-state index in [1.54, 1.807) is 0 Å². The summed E-state index contributed by atoms with van der Waals surface area (Å²) in [6.07, 6.45) is 3.63. The second-order valence-electron chi connectivity index (χ2n) is 4.51. The van der Waals surface area contributed by atoms with E-state index in [-0.39, 0.29) is 5.92 Å². The van der Waals surface area contributed by atoms with Gasteiger partial charge in [-0.3, -0.25) is 0 Å². The average Bonchev–Trinajstić information content (AvgIpc) is 2.41. The molecule has 18 heavy (non-hydrogen) atoms. The van der Waals surface area contributed by atoms with Gasteiger partial charge >= 0.3 is 0 Å². The highest BCUT2D eigenvalue weighted by atomic mass is 35.5. The Balaban J connectivity index is 2.00. The van der Waals surface area contributed by atoms with Crippen LogP contribution in [0, 0.1) is 0 Å². The fourth-order valence-corrected chi connectivity index (χ4v) is 2.54. The van der Waals surface area contributed by atoms with E-state index < -0.39 is 6.10 Å². The molecular weight excluding hydrogens is 244 g/mol. The maximum atomic E-state index is 10.5. The average molecular weight is 257 g/mol. The predicted molar refractivity (Wildman–Crippen MR) is 74.6 cm³/mol. The summed E-state index contributed by atoms with van der Waals surface area (Å²) in [6, 6.07) is 15.6. The normalized spacial score (nSPS) is 21.7. The van der Waals surface area contributed by atoms with Crippen LogP contribution in [0.5, 0.6) is 0 Å². The summed E-state index contributed by atoms with van der Waals surface area (Å²) in [5.74, 6) is -0.00262. The number of hydrogen-bond donors (Lipinski definition) is 1. The summed E-state index contributed by atoms with van der Waals surface area (Å²) in [7, 11) is 0. The monoisotopic (exact) mass is 256 g/mol. The third-order valence-electron chi connectivity index (χ3n) is 3.39. The predicted octanol–water partition coefficient (Wildman–Crippen LogP) is 4.18. The number of aliphatic hydroxyl groups excluding tert-OH is 1. The number of benzene rings is 2. The van der Waals surface area contributed by atoms with Crippen molar-refractivity contribution in [2.24, 2.45) is 0 Å². The molecule has 0 amide bonds. The molecule has 0 spiro atoms. The van der Waals surface area contributed by atoms with Gasteiger partial charge in [-0.25, -0.2) is 0 Å². The smallest absolute Gasteiger partial charge is 0.0899 e. The Morgan fingerprint density at radius 3 is 2.44 bits per heavy atom. The van der Waals surface area contributed by atoms with E-state index in [1.807, 2.05) is 48.5 Å². The highest BCUT2D eigenvalue weighted by molar-refractivity contribution is 6.30. The highest BCUT2D eigenvalue weighted by Crippen LogP contribution is 2.38. The molecule has 0 bridgehead atoms. The number of aliphatic hydroxyl groups is 1. The fraction of sp³-hybridized carbons (Fsp3) is 0.125. The van der Waals surface area contributed by atoms with Crippen molar-refractivity contribution in [1.82, 2.24) is 0 Å². The molecule has 0 radical (unpaired) electrons. The van der Waals surface area contributed by atoms with Crippen LogP contribution >= 0.6 is 11.6 Å². The topological polar surface area (TPSA) is 20.2 Å². The van der Waals surface area contributed by atoms with Gasteiger partial charge < -0.3 is 5.11 Å². The van der Waals surface area contributed by atoms with Gasteiger partial charge in [0.1, 0.15) is 0 Å². The molecule has 0 saturated heterocycles. The Bertz CT molecular complexity index is 586. The van der Waals surface area contributed by atoms with Gasteiger partial charge in [-0.2, -0.15) is 0 Å². The summed E-state index contributed by atoms with van der Waals surface area (Å²) in [6.45, 7) is 0. The molecule has 2 atom stereocenters. The molecule has 1 N–H and O–H groups in total. The summed E-state index contributed by atoms with van der Waals surface area (Å²) >= 11 is 5.89. The van der Waals surface area contributed by atoms with Crippen LogP contribution in [0.15, 0.2) is 54.6 Å². The van der Waals surface area contributed by atoms with Crippen LogP contribution in [0.3, 0.4) is 0 Å². The van der Waals surface area contributed by atoms with Crippen molar-refractivity contribution in [2.45, 2.75) is 12.0 Å². The van der Waals surface area contributed by atoms with Gasteiger partial charge in [0.25, 0.3) is 0 Å². The molecule has 0 aliphatic heterocycles. The van der Waals surface area contributed by atoms with Gasteiger partial charge in [-0.05, 0) is 28.8 Å². The Morgan fingerprint density at radius 2 is 1.67 bits per heavy atom. The zero-order valence-electron chi connectivity index (χ0n) is 9.75. The molecule has 2 aromatic carbocycles. The molecule has 90 valence electrons. The van der Waals surface area contributed by atoms with E-state index in [4.69, 9.17) is 11.6 Å². The second-order valence-corrected chi connectivity index (χ2v) is 4.95. The van der Waals surface area contributed by atoms with Gasteiger partial charge in [0.05, 0.1) is 6.10 Å². The maximum Gasteiger partial charge on any atom is 0.0899 e. The van der Waals surface area contributed by atoms with E-state index in [0.717, 1.165) is 16.7 Å². The highest BCUT2D eigenvalue weighted by Gasteiger charge is 2.24. The molecule has 0 heterocycles. The van der Waals surface area contributed by atoms with Crippen molar-refractivity contribution < 1.29 is 5.11 Å². The number of hydrogen-bond acceptors (Lipinski definition) is 1. The minimum atomic E-state index is -0.493. The van der Waals surface area contributed by atoms with Gasteiger partial charge in [-0.1, -0.05) is 60.2 Å². The van der Waals surface area contributed by atoms with Gasteiger partial charge in [0.2, 0.25) is 0 Å². The first kappa shape index (κ1) is 11.5. The summed E-state index contributed by atoms with van der Waals surface area (Å²) in [5, 5.41) is 11.2. The summed E-state index contributed by atoms with van der Waals surface area (Å²) < 4.78 is 0. The lowest BCUT2D eigenvalue weighted by Gasteiger charge is -2.26. The van der Waals surface area contributed by atoms with Crippen LogP contribution in [0.2, 0.25) is 5.02 Å². The minimum Gasteiger partial charge on any atom is -0.387 e. The van der Waals surface area contributed by atoms with E-state index in [0.29, 0.717) is 5.02 Å². The number of halogens is 1. The zero-order valence-corrected chi connectivity index (χ0v) is 10.5. The summed E-state index contributed by atoms with van der Waals surface area (Å²) in [5.41, 5.74) is 3.16. The van der Waals surface area contributed by atoms with Crippen molar-refractivity contribution in [3.05, 3.63) is 76.3 Å². The van der Waals surface area contributed by atoms with E-state index in [9.17, 15) is 5.11 Å². The minimum absolute atomic E-state index is 0.00262. The lowest BCUT2D eigenvalue weighted by atomic mass is 9.83. The van der Waals surface area contributed by atoms with Crippen LogP contribution in [-0.2, 0) is 0 Å². The van der Waals surface area contributed by atoms with Crippen LogP contribution < -0.4 is 0 Å². The van der Waals surface area contributed by atoms with E-state index in [2.05, 4.69) is 12.2 Å². The Morgan fingerprint density at radius 1 is 0.944 bits per heavy atom. The molecule has 1 aliphatic carbocycles. The molecule has 0 unspecified atom stereocenters. The molecule has 0 aromatic heterocycles. The van der Waals surface area contributed by atoms with Crippen LogP contribution in [0.4, 0.5) is 0 Å². The lowest BCUT2D eigenvalue weighted by molar-refractivity contribution is 0.160. The molecule has 1 nitrogen and oxygen atoms in total. The van der Waals surface area contributed by atoms with Crippen molar-refractivity contribution in [3.8, 4) is 0 Å². The summed E-state index contributed by atoms with van der Waals surface area (Å²) in [4.78, 5) is 0. The Labute approximate surface area is 111 Å². The number of rotatable bonds is 1. The molecule has 1 aliphatic rings. The Kier molecular flexibility index (Phi) is 2.94.